The second-order valence-electron chi connectivity index (χ2n) is 8.65. The van der Waals surface area contributed by atoms with Crippen LogP contribution in [0.2, 0.25) is 0 Å². The molecule has 3 aromatic heterocycles. The molecule has 1 unspecified atom stereocenters. The predicted molar refractivity (Wildman–Crippen MR) is 159 cm³/mol. The fourth-order valence-corrected chi connectivity index (χ4v) is 8.49. The molecule has 1 atom stereocenters. The molecule has 0 saturated heterocycles. The van der Waals surface area contributed by atoms with Gasteiger partial charge in [-0.2, -0.15) is 0 Å². The molecule has 0 saturated carbocycles. The molecule has 0 amide bonds. The average molecular weight is 674 g/mol. The lowest BCUT2D eigenvalue weighted by atomic mass is 10.2. The van der Waals surface area contributed by atoms with E-state index in [0.29, 0.717) is 0 Å². The van der Waals surface area contributed by atoms with Crippen molar-refractivity contribution in [2.24, 2.45) is 0 Å². The van der Waals surface area contributed by atoms with E-state index in [0.717, 1.165) is 0 Å². The van der Waals surface area contributed by atoms with Crippen LogP contribution in [0.25, 0.3) is 33.1 Å². The van der Waals surface area contributed by atoms with Crippen LogP contribution in [0.4, 0.5) is 0 Å². The number of nitrogens with zero attached hydrogens (tertiary/aromatic N) is 3. The molecule has 18 heteroatoms. The lowest BCUT2D eigenvalue weighted by Gasteiger charge is -2.16. The highest BCUT2D eigenvalue weighted by atomic mass is 32.2. The quantitative estimate of drug-likeness (QED) is 0.133. The molecule has 3 heterocycles. The summed E-state index contributed by atoms with van der Waals surface area (Å²) in [6.07, 6.45) is 0. The predicted octanol–water partition coefficient (Wildman–Crippen LogP) is 4.41. The van der Waals surface area contributed by atoms with E-state index < -0.39 is 50.5 Å². The van der Waals surface area contributed by atoms with Gasteiger partial charge >= 0.3 is 0 Å². The maximum Gasteiger partial charge on any atom is 0.224 e. The summed E-state index contributed by atoms with van der Waals surface area (Å²) in [7, 11) is -9.03. The lowest BCUT2D eigenvalue weighted by molar-refractivity contribution is 0.533. The molecular formula is C24H13N6O6S6-. The SMILES string of the molecule is O=S([O-])c1nc2c(nc1=S)c1[nH]c(S(=O)(=O)c3ccccc3)c(S(=O)(=O)c3ccccc3)[nH]c1c1nc(=S)c(=S)[nH]c21. The third-order valence-corrected chi connectivity index (χ3v) is 11.5. The van der Waals surface area contributed by atoms with Gasteiger partial charge in [-0.25, -0.2) is 31.8 Å². The largest absolute Gasteiger partial charge is 0.767 e. The Labute approximate surface area is 254 Å². The number of aromatic nitrogens is 6. The number of benzene rings is 3. The van der Waals surface area contributed by atoms with Crippen molar-refractivity contribution in [3.63, 3.8) is 0 Å². The topological polar surface area (TPSA) is 194 Å². The number of nitrogens with one attached hydrogen (secondary N) is 3. The van der Waals surface area contributed by atoms with E-state index in [4.69, 9.17) is 36.7 Å². The van der Waals surface area contributed by atoms with E-state index in [1.54, 1.807) is 12.1 Å². The van der Waals surface area contributed by atoms with Gasteiger partial charge in [0, 0.05) is 11.1 Å². The summed E-state index contributed by atoms with van der Waals surface area (Å²) in [6.45, 7) is 0. The number of hydrogen-bond donors (Lipinski definition) is 3. The summed E-state index contributed by atoms with van der Waals surface area (Å²) in [4.78, 5) is 20.7. The second kappa shape index (κ2) is 10.3. The molecular weight excluding hydrogens is 661 g/mol. The van der Waals surface area contributed by atoms with Crippen LogP contribution in [-0.2, 0) is 30.8 Å². The van der Waals surface area contributed by atoms with Crippen molar-refractivity contribution < 1.29 is 25.6 Å². The van der Waals surface area contributed by atoms with Gasteiger partial charge < -0.3 is 19.5 Å². The first-order chi connectivity index (χ1) is 19.9. The van der Waals surface area contributed by atoms with Crippen molar-refractivity contribution >= 4 is 101 Å². The maximum absolute atomic E-state index is 14.0. The van der Waals surface area contributed by atoms with Crippen LogP contribution in [-0.4, -0.2) is 55.5 Å². The Hall–Kier alpha value is -3.65. The zero-order valence-electron chi connectivity index (χ0n) is 20.5. The molecule has 0 aliphatic carbocycles. The Bertz CT molecular complexity index is 2530. The Morgan fingerprint density at radius 1 is 0.619 bits per heavy atom. The monoisotopic (exact) mass is 673 g/mol. The van der Waals surface area contributed by atoms with Crippen LogP contribution < -0.4 is 0 Å². The van der Waals surface area contributed by atoms with E-state index in [1.807, 2.05) is 0 Å². The van der Waals surface area contributed by atoms with Gasteiger partial charge in [-0.1, -0.05) is 73.1 Å². The second-order valence-corrected chi connectivity index (χ2v) is 14.5. The molecule has 212 valence electrons. The molecule has 0 radical (unpaired) electrons. The first-order valence-corrected chi connectivity index (χ1v) is 16.8. The highest BCUT2D eigenvalue weighted by Gasteiger charge is 2.33. The van der Waals surface area contributed by atoms with Crippen molar-refractivity contribution in [3.05, 3.63) is 74.6 Å². The average Bonchev–Trinajstić information content (AvgIpc) is 2.98. The number of sulfone groups is 2. The number of H-pyrrole nitrogens is 3. The van der Waals surface area contributed by atoms with Crippen LogP contribution in [0, 0.1) is 13.9 Å². The molecule has 3 aromatic carbocycles. The molecule has 6 aromatic rings. The zero-order valence-corrected chi connectivity index (χ0v) is 25.4. The number of aromatic amines is 3. The van der Waals surface area contributed by atoms with Gasteiger partial charge in [0.2, 0.25) is 19.7 Å². The number of hydrogen-bond acceptors (Lipinski definition) is 12. The Kier molecular flexibility index (Phi) is 6.96. The third kappa shape index (κ3) is 4.51. The minimum Gasteiger partial charge on any atom is -0.767 e. The van der Waals surface area contributed by atoms with Gasteiger partial charge in [-0.05, 0) is 24.3 Å². The van der Waals surface area contributed by atoms with Gasteiger partial charge in [-0.15, -0.1) is 0 Å². The summed E-state index contributed by atoms with van der Waals surface area (Å²) in [5, 5.41) is -1.94. The normalized spacial score (nSPS) is 13.1. The molecule has 0 aliphatic heterocycles. The molecule has 0 aliphatic rings. The first-order valence-electron chi connectivity index (χ1n) is 11.5. The lowest BCUT2D eigenvalue weighted by Crippen LogP contribution is -2.16. The van der Waals surface area contributed by atoms with Gasteiger partial charge in [0.05, 0.1) is 26.3 Å². The molecule has 42 heavy (non-hydrogen) atoms. The van der Waals surface area contributed by atoms with E-state index in [-0.39, 0.29) is 52.2 Å². The highest BCUT2D eigenvalue weighted by molar-refractivity contribution is 7.94. The summed E-state index contributed by atoms with van der Waals surface area (Å²) in [6, 6.07) is 14.5. The molecule has 0 spiro atoms. The van der Waals surface area contributed by atoms with Gasteiger partial charge in [-0.3, -0.25) is 4.21 Å². The van der Waals surface area contributed by atoms with Crippen LogP contribution >= 0.6 is 36.7 Å². The Morgan fingerprint density at radius 2 is 1.07 bits per heavy atom. The van der Waals surface area contributed by atoms with Crippen LogP contribution in [0.1, 0.15) is 0 Å². The Morgan fingerprint density at radius 3 is 1.57 bits per heavy atom. The van der Waals surface area contributed by atoms with Crippen molar-refractivity contribution in [1.29, 1.82) is 0 Å². The number of rotatable bonds is 5. The summed E-state index contributed by atoms with van der Waals surface area (Å²) >= 11 is 12.8. The summed E-state index contributed by atoms with van der Waals surface area (Å²) in [5.74, 6) is 0. The van der Waals surface area contributed by atoms with Crippen LogP contribution in [0.3, 0.4) is 0 Å². The molecule has 0 bridgehead atoms. The fourth-order valence-electron chi connectivity index (χ4n) is 4.28. The van der Waals surface area contributed by atoms with Crippen LogP contribution in [0.5, 0.6) is 0 Å². The maximum atomic E-state index is 14.0. The standard InChI is InChI=1S/C24H14N6O6S6/c31-40(32)22-21(39)27-15-16(28-22)13-14(26-20(38)19(37)25-13)17-18(15)30-24(42(35,36)12-9-5-2-6-10-12)23(29-17)41(33,34)11-7-3-1-4-8-11/h1-10,29-30H,(H,25,37)(H,31,32)/p-1. The smallest absolute Gasteiger partial charge is 0.224 e. The van der Waals surface area contributed by atoms with Crippen molar-refractivity contribution in [2.45, 2.75) is 24.9 Å². The van der Waals surface area contributed by atoms with E-state index >= 15 is 0 Å². The highest BCUT2D eigenvalue weighted by Crippen LogP contribution is 2.35. The summed E-state index contributed by atoms with van der Waals surface area (Å²) in [5.41, 5.74) is -0.202. The number of fused-ring (bicyclic) bond motifs is 6. The first kappa shape index (κ1) is 28.5. The van der Waals surface area contributed by atoms with E-state index in [9.17, 15) is 25.6 Å². The minimum atomic E-state index is -4.53. The van der Waals surface area contributed by atoms with Gasteiger partial charge in [0.25, 0.3) is 0 Å². The minimum absolute atomic E-state index is 0.00503. The molecule has 12 nitrogen and oxygen atoms in total. The fraction of sp³-hybridized carbons (Fsp3) is 0. The molecule has 3 N–H and O–H groups in total. The van der Waals surface area contributed by atoms with Crippen molar-refractivity contribution in [2.75, 3.05) is 0 Å². The summed E-state index contributed by atoms with van der Waals surface area (Å²) < 4.78 is 79.1. The zero-order chi connectivity index (χ0) is 30.0. The van der Waals surface area contributed by atoms with Crippen LogP contribution in [0.15, 0.2) is 85.5 Å². The van der Waals surface area contributed by atoms with E-state index in [1.165, 1.54) is 48.5 Å². The van der Waals surface area contributed by atoms with Gasteiger partial charge in [0.1, 0.15) is 21.2 Å². The molecule has 6 rings (SSSR count). The third-order valence-electron chi connectivity index (χ3n) is 6.16. The van der Waals surface area contributed by atoms with Crippen molar-refractivity contribution in [3.8, 4) is 0 Å². The Balaban J connectivity index is 1.89. The van der Waals surface area contributed by atoms with Crippen molar-refractivity contribution in [1.82, 2.24) is 29.9 Å². The van der Waals surface area contributed by atoms with E-state index in [2.05, 4.69) is 29.9 Å². The molecule has 0 fully saturated rings. The van der Waals surface area contributed by atoms with Gasteiger partial charge in [0.15, 0.2) is 24.4 Å².